The van der Waals surface area contributed by atoms with E-state index in [1.807, 2.05) is 6.08 Å². The molecule has 0 amide bonds. The standard InChI is InChI=1S/C19H21NO6/c1-5-26-16-9-8-13(10-15(16)20(21)22)6-7-14-11-17(23-2)19(25-4)18(12-14)24-3/h6-12H,5H2,1-4H3. The zero-order valence-electron chi connectivity index (χ0n) is 15.1. The largest absolute Gasteiger partial charge is 0.493 e. The molecule has 0 saturated heterocycles. The van der Waals surface area contributed by atoms with Crippen molar-refractivity contribution in [2.24, 2.45) is 0 Å². The maximum Gasteiger partial charge on any atom is 0.311 e. The molecular formula is C19H21NO6. The third-order valence-electron chi connectivity index (χ3n) is 3.63. The molecular weight excluding hydrogens is 338 g/mol. The van der Waals surface area contributed by atoms with Gasteiger partial charge in [-0.3, -0.25) is 10.1 Å². The topological polar surface area (TPSA) is 80.1 Å². The van der Waals surface area contributed by atoms with Crippen molar-refractivity contribution in [1.29, 1.82) is 0 Å². The number of nitrogens with zero attached hydrogens (tertiary/aromatic N) is 1. The van der Waals surface area contributed by atoms with Crippen LogP contribution < -0.4 is 18.9 Å². The fourth-order valence-electron chi connectivity index (χ4n) is 2.45. The Bertz CT molecular complexity index is 791. The molecule has 0 unspecified atom stereocenters. The van der Waals surface area contributed by atoms with Crippen LogP contribution in [0, 0.1) is 10.1 Å². The third kappa shape index (κ3) is 4.24. The van der Waals surface area contributed by atoms with E-state index in [-0.39, 0.29) is 11.4 Å². The van der Waals surface area contributed by atoms with Gasteiger partial charge in [-0.1, -0.05) is 18.2 Å². The monoisotopic (exact) mass is 359 g/mol. The molecule has 0 fully saturated rings. The van der Waals surface area contributed by atoms with Crippen molar-refractivity contribution in [3.63, 3.8) is 0 Å². The van der Waals surface area contributed by atoms with Gasteiger partial charge in [-0.15, -0.1) is 0 Å². The summed E-state index contributed by atoms with van der Waals surface area (Å²) in [4.78, 5) is 10.8. The maximum absolute atomic E-state index is 11.2. The second-order valence-corrected chi connectivity index (χ2v) is 5.21. The third-order valence-corrected chi connectivity index (χ3v) is 3.63. The van der Waals surface area contributed by atoms with Gasteiger partial charge in [0.1, 0.15) is 0 Å². The van der Waals surface area contributed by atoms with Gasteiger partial charge in [0.25, 0.3) is 0 Å². The van der Waals surface area contributed by atoms with E-state index in [1.165, 1.54) is 13.2 Å². The zero-order chi connectivity index (χ0) is 19.1. The highest BCUT2D eigenvalue weighted by Gasteiger charge is 2.15. The Morgan fingerprint density at radius 3 is 2.04 bits per heavy atom. The highest BCUT2D eigenvalue weighted by Crippen LogP contribution is 2.38. The molecule has 2 rings (SSSR count). The van der Waals surface area contributed by atoms with Gasteiger partial charge in [0.15, 0.2) is 17.2 Å². The summed E-state index contributed by atoms with van der Waals surface area (Å²) in [5.74, 6) is 1.82. The van der Waals surface area contributed by atoms with Crippen molar-refractivity contribution in [2.75, 3.05) is 27.9 Å². The van der Waals surface area contributed by atoms with Gasteiger partial charge in [-0.05, 0) is 36.2 Å². The minimum atomic E-state index is -0.457. The van der Waals surface area contributed by atoms with Crippen LogP contribution in [-0.2, 0) is 0 Å². The quantitative estimate of drug-likeness (QED) is 0.399. The van der Waals surface area contributed by atoms with Crippen molar-refractivity contribution in [2.45, 2.75) is 6.92 Å². The van der Waals surface area contributed by atoms with Gasteiger partial charge in [0, 0.05) is 6.07 Å². The number of nitro benzene ring substituents is 1. The summed E-state index contributed by atoms with van der Waals surface area (Å²) in [6.07, 6.45) is 3.58. The molecule has 0 aliphatic carbocycles. The van der Waals surface area contributed by atoms with E-state index in [0.29, 0.717) is 29.4 Å². The average Bonchev–Trinajstić information content (AvgIpc) is 2.66. The summed E-state index contributed by atoms with van der Waals surface area (Å²) in [5, 5.41) is 11.2. The summed E-state index contributed by atoms with van der Waals surface area (Å²) >= 11 is 0. The summed E-state index contributed by atoms with van der Waals surface area (Å²) in [5.41, 5.74) is 1.41. The van der Waals surface area contributed by atoms with Gasteiger partial charge in [0.05, 0.1) is 32.9 Å². The van der Waals surface area contributed by atoms with Crippen molar-refractivity contribution in [3.05, 3.63) is 51.6 Å². The number of hydrogen-bond acceptors (Lipinski definition) is 6. The number of ether oxygens (including phenoxy) is 4. The molecule has 138 valence electrons. The molecule has 0 N–H and O–H groups in total. The van der Waals surface area contributed by atoms with E-state index in [1.54, 1.807) is 51.5 Å². The molecule has 2 aromatic rings. The fraction of sp³-hybridized carbons (Fsp3) is 0.263. The first-order valence-corrected chi connectivity index (χ1v) is 7.93. The van der Waals surface area contributed by atoms with Gasteiger partial charge in [0.2, 0.25) is 5.75 Å². The Labute approximate surface area is 151 Å². The van der Waals surface area contributed by atoms with E-state index in [4.69, 9.17) is 18.9 Å². The Balaban J connectivity index is 2.37. The van der Waals surface area contributed by atoms with Crippen LogP contribution in [0.3, 0.4) is 0 Å². The van der Waals surface area contributed by atoms with E-state index >= 15 is 0 Å². The number of nitro groups is 1. The lowest BCUT2D eigenvalue weighted by atomic mass is 10.1. The van der Waals surface area contributed by atoms with E-state index in [2.05, 4.69) is 0 Å². The molecule has 2 aromatic carbocycles. The lowest BCUT2D eigenvalue weighted by Gasteiger charge is -2.12. The number of hydrogen-bond donors (Lipinski definition) is 0. The van der Waals surface area contributed by atoms with Crippen LogP contribution in [0.2, 0.25) is 0 Å². The first kappa shape index (κ1) is 19.1. The summed E-state index contributed by atoms with van der Waals surface area (Å²) < 4.78 is 21.2. The second kappa shape index (κ2) is 8.75. The van der Waals surface area contributed by atoms with Gasteiger partial charge < -0.3 is 18.9 Å². The molecule has 0 spiro atoms. The van der Waals surface area contributed by atoms with Crippen molar-refractivity contribution in [1.82, 2.24) is 0 Å². The molecule has 0 radical (unpaired) electrons. The molecule has 0 bridgehead atoms. The highest BCUT2D eigenvalue weighted by atomic mass is 16.6. The SMILES string of the molecule is CCOc1ccc(C=Cc2cc(OC)c(OC)c(OC)c2)cc1[N+](=O)[O-]. The smallest absolute Gasteiger partial charge is 0.311 e. The van der Waals surface area contributed by atoms with Crippen LogP contribution in [0.25, 0.3) is 12.2 Å². The summed E-state index contributed by atoms with van der Waals surface area (Å²) in [6.45, 7) is 2.14. The lowest BCUT2D eigenvalue weighted by Crippen LogP contribution is -1.97. The van der Waals surface area contributed by atoms with Crippen molar-refractivity contribution >= 4 is 17.8 Å². The first-order valence-electron chi connectivity index (χ1n) is 7.93. The minimum Gasteiger partial charge on any atom is -0.493 e. The van der Waals surface area contributed by atoms with Crippen LogP contribution in [-0.4, -0.2) is 32.9 Å². The normalized spacial score (nSPS) is 10.6. The summed E-state index contributed by atoms with van der Waals surface area (Å²) in [6, 6.07) is 8.41. The number of methoxy groups -OCH3 is 3. The molecule has 0 aromatic heterocycles. The van der Waals surface area contributed by atoms with E-state index in [9.17, 15) is 10.1 Å². The zero-order valence-corrected chi connectivity index (χ0v) is 15.1. The van der Waals surface area contributed by atoms with Crippen molar-refractivity contribution < 1.29 is 23.9 Å². The van der Waals surface area contributed by atoms with Crippen LogP contribution >= 0.6 is 0 Å². The predicted octanol–water partition coefficient (Wildman–Crippen LogP) is 4.19. The molecule has 26 heavy (non-hydrogen) atoms. The number of rotatable bonds is 8. The highest BCUT2D eigenvalue weighted by molar-refractivity contribution is 5.74. The Hall–Kier alpha value is -3.22. The summed E-state index contributed by atoms with van der Waals surface area (Å²) in [7, 11) is 4.62. The molecule has 0 saturated carbocycles. The molecule has 0 heterocycles. The van der Waals surface area contributed by atoms with Crippen LogP contribution in [0.4, 0.5) is 5.69 Å². The average molecular weight is 359 g/mol. The number of benzene rings is 2. The Morgan fingerprint density at radius 2 is 1.54 bits per heavy atom. The molecule has 7 heteroatoms. The fourth-order valence-corrected chi connectivity index (χ4v) is 2.45. The van der Waals surface area contributed by atoms with Crippen LogP contribution in [0.15, 0.2) is 30.3 Å². The van der Waals surface area contributed by atoms with E-state index < -0.39 is 4.92 Å². The minimum absolute atomic E-state index is 0.0705. The van der Waals surface area contributed by atoms with Gasteiger partial charge in [-0.25, -0.2) is 0 Å². The van der Waals surface area contributed by atoms with Gasteiger partial charge >= 0.3 is 5.69 Å². The van der Waals surface area contributed by atoms with Crippen molar-refractivity contribution in [3.8, 4) is 23.0 Å². The second-order valence-electron chi connectivity index (χ2n) is 5.21. The maximum atomic E-state index is 11.2. The molecule has 7 nitrogen and oxygen atoms in total. The van der Waals surface area contributed by atoms with Crippen LogP contribution in [0.1, 0.15) is 18.1 Å². The molecule has 0 atom stereocenters. The molecule has 0 aliphatic rings. The molecule has 0 aliphatic heterocycles. The first-order chi connectivity index (χ1) is 12.5. The Kier molecular flexibility index (Phi) is 6.43. The lowest BCUT2D eigenvalue weighted by molar-refractivity contribution is -0.385. The predicted molar refractivity (Wildman–Crippen MR) is 99.3 cm³/mol. The van der Waals surface area contributed by atoms with Gasteiger partial charge in [-0.2, -0.15) is 0 Å². The van der Waals surface area contributed by atoms with E-state index in [0.717, 1.165) is 5.56 Å². The Morgan fingerprint density at radius 1 is 0.923 bits per heavy atom. The van der Waals surface area contributed by atoms with Crippen LogP contribution in [0.5, 0.6) is 23.0 Å².